The van der Waals surface area contributed by atoms with Gasteiger partial charge in [-0.05, 0) is 12.5 Å². The smallest absolute Gasteiger partial charge is 0.183 e. The summed E-state index contributed by atoms with van der Waals surface area (Å²) < 4.78 is 7.52. The zero-order chi connectivity index (χ0) is 13.5. The molecule has 3 aromatic rings. The molecule has 3 heterocycles. The lowest BCUT2D eigenvalue weighted by molar-refractivity contribution is 0.193. The van der Waals surface area contributed by atoms with E-state index < -0.39 is 0 Å². The SMILES string of the molecule is Cn1cc(-c2n[nH]c([C@H]3CCOC3)n2)c2ccccc21. The number of aromatic nitrogens is 4. The monoisotopic (exact) mass is 268 g/mol. The van der Waals surface area contributed by atoms with Gasteiger partial charge in [-0.3, -0.25) is 5.10 Å². The van der Waals surface area contributed by atoms with Gasteiger partial charge in [0, 0.05) is 42.2 Å². The second kappa shape index (κ2) is 4.45. The Morgan fingerprint density at radius 3 is 3.10 bits per heavy atom. The van der Waals surface area contributed by atoms with Crippen molar-refractivity contribution in [3.8, 4) is 11.4 Å². The summed E-state index contributed by atoms with van der Waals surface area (Å²) in [5.74, 6) is 2.06. The van der Waals surface area contributed by atoms with Crippen LogP contribution in [0, 0.1) is 0 Å². The molecule has 0 amide bonds. The van der Waals surface area contributed by atoms with E-state index in [0.29, 0.717) is 5.92 Å². The minimum Gasteiger partial charge on any atom is -0.381 e. The molecule has 1 aromatic carbocycles. The predicted octanol–water partition coefficient (Wildman–Crippen LogP) is 2.47. The molecule has 102 valence electrons. The van der Waals surface area contributed by atoms with Gasteiger partial charge in [0.1, 0.15) is 5.82 Å². The molecule has 4 rings (SSSR count). The highest BCUT2D eigenvalue weighted by Crippen LogP contribution is 2.29. The summed E-state index contributed by atoms with van der Waals surface area (Å²) in [6.45, 7) is 1.55. The van der Waals surface area contributed by atoms with Crippen molar-refractivity contribution in [1.29, 1.82) is 0 Å². The number of nitrogens with one attached hydrogen (secondary N) is 1. The highest BCUT2D eigenvalue weighted by atomic mass is 16.5. The highest BCUT2D eigenvalue weighted by molar-refractivity contribution is 5.94. The number of para-hydroxylation sites is 1. The Kier molecular flexibility index (Phi) is 2.60. The van der Waals surface area contributed by atoms with Crippen molar-refractivity contribution in [3.05, 3.63) is 36.3 Å². The van der Waals surface area contributed by atoms with Crippen molar-refractivity contribution in [3.63, 3.8) is 0 Å². The van der Waals surface area contributed by atoms with Gasteiger partial charge in [-0.1, -0.05) is 18.2 Å². The van der Waals surface area contributed by atoms with E-state index in [9.17, 15) is 0 Å². The summed E-state index contributed by atoms with van der Waals surface area (Å²) in [7, 11) is 2.05. The largest absolute Gasteiger partial charge is 0.381 e. The lowest BCUT2D eigenvalue weighted by Gasteiger charge is -1.99. The van der Waals surface area contributed by atoms with Crippen LogP contribution in [-0.2, 0) is 11.8 Å². The minimum atomic E-state index is 0.353. The molecule has 5 nitrogen and oxygen atoms in total. The molecular weight excluding hydrogens is 252 g/mol. The highest BCUT2D eigenvalue weighted by Gasteiger charge is 2.22. The number of fused-ring (bicyclic) bond motifs is 1. The molecule has 0 unspecified atom stereocenters. The molecule has 20 heavy (non-hydrogen) atoms. The van der Waals surface area contributed by atoms with Crippen LogP contribution in [0.2, 0.25) is 0 Å². The van der Waals surface area contributed by atoms with Gasteiger partial charge in [-0.15, -0.1) is 0 Å². The summed E-state index contributed by atoms with van der Waals surface area (Å²) in [6.07, 6.45) is 3.10. The van der Waals surface area contributed by atoms with Gasteiger partial charge >= 0.3 is 0 Å². The molecule has 5 heteroatoms. The summed E-state index contributed by atoms with van der Waals surface area (Å²) in [4.78, 5) is 4.67. The van der Waals surface area contributed by atoms with E-state index in [1.54, 1.807) is 0 Å². The fourth-order valence-electron chi connectivity index (χ4n) is 2.85. The van der Waals surface area contributed by atoms with E-state index in [2.05, 4.69) is 38.1 Å². The number of aromatic amines is 1. The molecule has 1 aliphatic rings. The van der Waals surface area contributed by atoms with Crippen LogP contribution in [0.1, 0.15) is 18.2 Å². The topological polar surface area (TPSA) is 55.7 Å². The average molecular weight is 268 g/mol. The zero-order valence-corrected chi connectivity index (χ0v) is 11.3. The Hall–Kier alpha value is -2.14. The third-order valence-corrected chi connectivity index (χ3v) is 3.96. The van der Waals surface area contributed by atoms with E-state index >= 15 is 0 Å². The maximum Gasteiger partial charge on any atom is 0.183 e. The van der Waals surface area contributed by atoms with Crippen LogP contribution in [0.15, 0.2) is 30.5 Å². The molecule has 0 spiro atoms. The van der Waals surface area contributed by atoms with Crippen LogP contribution in [0.4, 0.5) is 0 Å². The Labute approximate surface area is 116 Å². The normalized spacial score (nSPS) is 18.9. The number of H-pyrrole nitrogens is 1. The Morgan fingerprint density at radius 1 is 1.35 bits per heavy atom. The summed E-state index contributed by atoms with van der Waals surface area (Å²) >= 11 is 0. The van der Waals surface area contributed by atoms with Crippen LogP contribution < -0.4 is 0 Å². The molecule has 0 radical (unpaired) electrons. The van der Waals surface area contributed by atoms with Crippen LogP contribution in [-0.4, -0.2) is 33.0 Å². The van der Waals surface area contributed by atoms with E-state index in [0.717, 1.165) is 36.8 Å². The van der Waals surface area contributed by atoms with Crippen molar-refractivity contribution in [2.75, 3.05) is 13.2 Å². The maximum absolute atomic E-state index is 5.41. The van der Waals surface area contributed by atoms with Crippen LogP contribution in [0.5, 0.6) is 0 Å². The van der Waals surface area contributed by atoms with Crippen molar-refractivity contribution >= 4 is 10.9 Å². The lowest BCUT2D eigenvalue weighted by Crippen LogP contribution is -1.99. The van der Waals surface area contributed by atoms with Gasteiger partial charge in [-0.25, -0.2) is 4.98 Å². The number of benzene rings is 1. The molecule has 0 saturated carbocycles. The number of ether oxygens (including phenoxy) is 1. The third-order valence-electron chi connectivity index (χ3n) is 3.96. The molecule has 0 aliphatic carbocycles. The van der Waals surface area contributed by atoms with Crippen molar-refractivity contribution in [1.82, 2.24) is 19.7 Å². The second-order valence-electron chi connectivity index (χ2n) is 5.28. The number of hydrogen-bond acceptors (Lipinski definition) is 3. The van der Waals surface area contributed by atoms with E-state index in [-0.39, 0.29) is 0 Å². The summed E-state index contributed by atoms with van der Waals surface area (Å²) in [5, 5.41) is 8.64. The second-order valence-corrected chi connectivity index (χ2v) is 5.28. The number of hydrogen-bond donors (Lipinski definition) is 1. The fourth-order valence-corrected chi connectivity index (χ4v) is 2.85. The number of aryl methyl sites for hydroxylation is 1. The Balaban J connectivity index is 1.79. The molecule has 1 saturated heterocycles. The summed E-state index contributed by atoms with van der Waals surface area (Å²) in [5.41, 5.74) is 2.27. The standard InChI is InChI=1S/C15H16N4O/c1-19-8-12(11-4-2-3-5-13(11)19)15-16-14(17-18-15)10-6-7-20-9-10/h2-5,8,10H,6-7,9H2,1H3,(H,16,17,18)/t10-/m0/s1. The number of rotatable bonds is 2. The molecule has 1 aliphatic heterocycles. The molecule has 0 bridgehead atoms. The van der Waals surface area contributed by atoms with Gasteiger partial charge in [0.15, 0.2) is 5.82 Å². The molecule has 1 N–H and O–H groups in total. The van der Waals surface area contributed by atoms with Crippen molar-refractivity contribution < 1.29 is 4.74 Å². The Morgan fingerprint density at radius 2 is 2.25 bits per heavy atom. The number of nitrogens with zero attached hydrogens (tertiary/aromatic N) is 3. The van der Waals surface area contributed by atoms with Gasteiger partial charge in [0.2, 0.25) is 0 Å². The van der Waals surface area contributed by atoms with Crippen LogP contribution in [0.3, 0.4) is 0 Å². The third kappa shape index (κ3) is 1.74. The first-order chi connectivity index (χ1) is 9.83. The minimum absolute atomic E-state index is 0.353. The first-order valence-electron chi connectivity index (χ1n) is 6.87. The zero-order valence-electron chi connectivity index (χ0n) is 11.3. The molecule has 1 fully saturated rings. The summed E-state index contributed by atoms with van der Waals surface area (Å²) in [6, 6.07) is 8.31. The average Bonchev–Trinajstić information content (AvgIpc) is 3.17. The van der Waals surface area contributed by atoms with E-state index in [1.165, 1.54) is 10.9 Å². The van der Waals surface area contributed by atoms with Gasteiger partial charge in [0.25, 0.3) is 0 Å². The first kappa shape index (κ1) is 11.7. The van der Waals surface area contributed by atoms with Crippen molar-refractivity contribution in [2.24, 2.45) is 7.05 Å². The van der Waals surface area contributed by atoms with E-state index in [4.69, 9.17) is 4.74 Å². The lowest BCUT2D eigenvalue weighted by atomic mass is 10.1. The molecule has 2 aromatic heterocycles. The predicted molar refractivity (Wildman–Crippen MR) is 76.5 cm³/mol. The van der Waals surface area contributed by atoms with Crippen molar-refractivity contribution in [2.45, 2.75) is 12.3 Å². The van der Waals surface area contributed by atoms with E-state index in [1.807, 2.05) is 19.2 Å². The van der Waals surface area contributed by atoms with Gasteiger partial charge in [-0.2, -0.15) is 5.10 Å². The van der Waals surface area contributed by atoms with Crippen LogP contribution in [0.25, 0.3) is 22.3 Å². The molecular formula is C15H16N4O. The van der Waals surface area contributed by atoms with Gasteiger partial charge in [0.05, 0.1) is 6.61 Å². The van der Waals surface area contributed by atoms with Gasteiger partial charge < -0.3 is 9.30 Å². The maximum atomic E-state index is 5.41. The fraction of sp³-hybridized carbons (Fsp3) is 0.333. The Bertz CT molecular complexity index is 752. The first-order valence-corrected chi connectivity index (χ1v) is 6.87. The van der Waals surface area contributed by atoms with Crippen LogP contribution >= 0.6 is 0 Å². The molecule has 1 atom stereocenters. The quantitative estimate of drug-likeness (QED) is 0.776.